The summed E-state index contributed by atoms with van der Waals surface area (Å²) >= 11 is 0. The van der Waals surface area contributed by atoms with Gasteiger partial charge in [0.25, 0.3) is 0 Å². The fraction of sp³-hybridized carbons (Fsp3) is 0.667. The van der Waals surface area contributed by atoms with Gasteiger partial charge in [-0.1, -0.05) is 0 Å². The Morgan fingerprint density at radius 1 is 1.50 bits per heavy atom. The zero-order chi connectivity index (χ0) is 14.8. The largest absolute Gasteiger partial charge is 0.446 e. The molecule has 0 bridgehead atoms. The number of hydrogen-bond donors (Lipinski definition) is 1. The molecule has 1 aromatic rings. The Labute approximate surface area is 118 Å². The molecule has 1 aliphatic rings. The second-order valence-corrected chi connectivity index (χ2v) is 7.00. The smallest absolute Gasteiger partial charge is 0.223 e. The maximum Gasteiger partial charge on any atom is 0.223 e. The topological polar surface area (TPSA) is 92.5 Å². The number of carbonyl (C=O) groups is 1. The van der Waals surface area contributed by atoms with Crippen LogP contribution in [0.2, 0.25) is 0 Å². The van der Waals surface area contributed by atoms with Crippen LogP contribution >= 0.6 is 0 Å². The van der Waals surface area contributed by atoms with Crippen LogP contribution in [0, 0.1) is 12.8 Å². The first-order chi connectivity index (χ1) is 9.38. The molecule has 0 aliphatic carbocycles. The van der Waals surface area contributed by atoms with Gasteiger partial charge in [0.15, 0.2) is 6.39 Å². The minimum atomic E-state index is -3.15. The van der Waals surface area contributed by atoms with Crippen LogP contribution in [0.4, 0.5) is 0 Å². The number of hydrogen-bond acceptors (Lipinski definition) is 5. The van der Waals surface area contributed by atoms with Crippen LogP contribution in [0.1, 0.15) is 24.3 Å². The first-order valence-electron chi connectivity index (χ1n) is 6.49. The van der Waals surface area contributed by atoms with Gasteiger partial charge < -0.3 is 9.73 Å². The molecule has 2 rings (SSSR count). The van der Waals surface area contributed by atoms with Gasteiger partial charge in [-0.15, -0.1) is 0 Å². The third-order valence-electron chi connectivity index (χ3n) is 3.56. The number of piperidine rings is 1. The van der Waals surface area contributed by atoms with E-state index in [1.807, 2.05) is 6.92 Å². The predicted molar refractivity (Wildman–Crippen MR) is 72.2 cm³/mol. The van der Waals surface area contributed by atoms with E-state index in [9.17, 15) is 13.2 Å². The molecular formula is C12H19N3O4S. The lowest BCUT2D eigenvalue weighted by molar-refractivity contribution is -0.126. The summed E-state index contributed by atoms with van der Waals surface area (Å²) in [5.41, 5.74) is 0.761. The SMILES string of the molecule is Cc1ncoc1CNC(=O)C1CCN(S(C)(=O)=O)CC1. The molecule has 0 radical (unpaired) electrons. The second kappa shape index (κ2) is 5.92. The number of aromatic nitrogens is 1. The van der Waals surface area contributed by atoms with Crippen molar-refractivity contribution >= 4 is 15.9 Å². The monoisotopic (exact) mass is 301 g/mol. The molecule has 0 saturated carbocycles. The van der Waals surface area contributed by atoms with Crippen LogP contribution in [0.25, 0.3) is 0 Å². The summed E-state index contributed by atoms with van der Waals surface area (Å²) in [6.07, 6.45) is 3.64. The molecular weight excluding hydrogens is 282 g/mol. The van der Waals surface area contributed by atoms with Gasteiger partial charge in [0, 0.05) is 19.0 Å². The average Bonchev–Trinajstić information content (AvgIpc) is 2.81. The highest BCUT2D eigenvalue weighted by Crippen LogP contribution is 2.19. The Morgan fingerprint density at radius 2 is 2.15 bits per heavy atom. The van der Waals surface area contributed by atoms with Crippen molar-refractivity contribution in [3.63, 3.8) is 0 Å². The highest BCUT2D eigenvalue weighted by atomic mass is 32.2. The third kappa shape index (κ3) is 3.57. The highest BCUT2D eigenvalue weighted by Gasteiger charge is 2.28. The van der Waals surface area contributed by atoms with Crippen LogP contribution in [0.3, 0.4) is 0 Å². The summed E-state index contributed by atoms with van der Waals surface area (Å²) in [7, 11) is -3.15. The van der Waals surface area contributed by atoms with Crippen LogP contribution in [0.15, 0.2) is 10.8 Å². The Bertz CT molecular complexity index is 573. The van der Waals surface area contributed by atoms with E-state index in [0.29, 0.717) is 38.2 Å². The lowest BCUT2D eigenvalue weighted by Crippen LogP contribution is -2.42. The van der Waals surface area contributed by atoms with Crippen LogP contribution in [-0.4, -0.2) is 43.0 Å². The van der Waals surface area contributed by atoms with Crippen molar-refractivity contribution in [2.75, 3.05) is 19.3 Å². The Balaban J connectivity index is 1.82. The zero-order valence-electron chi connectivity index (χ0n) is 11.6. The summed E-state index contributed by atoms with van der Waals surface area (Å²) in [6, 6.07) is 0. The van der Waals surface area contributed by atoms with Gasteiger partial charge in [-0.3, -0.25) is 4.79 Å². The zero-order valence-corrected chi connectivity index (χ0v) is 12.4. The molecule has 0 spiro atoms. The van der Waals surface area contributed by atoms with Gasteiger partial charge in [-0.25, -0.2) is 17.7 Å². The van der Waals surface area contributed by atoms with Gasteiger partial charge in [0.05, 0.1) is 18.5 Å². The second-order valence-electron chi connectivity index (χ2n) is 5.02. The molecule has 1 N–H and O–H groups in total. The van der Waals surface area contributed by atoms with Crippen LogP contribution < -0.4 is 5.32 Å². The number of nitrogens with zero attached hydrogens (tertiary/aromatic N) is 2. The molecule has 1 aliphatic heterocycles. The van der Waals surface area contributed by atoms with Gasteiger partial charge in [-0.05, 0) is 19.8 Å². The van der Waals surface area contributed by atoms with Gasteiger partial charge in [0.1, 0.15) is 5.76 Å². The molecule has 7 nitrogen and oxygen atoms in total. The van der Waals surface area contributed by atoms with E-state index < -0.39 is 10.0 Å². The predicted octanol–water partition coefficient (Wildman–Crippen LogP) is 0.271. The van der Waals surface area contributed by atoms with Crippen molar-refractivity contribution in [1.29, 1.82) is 0 Å². The summed E-state index contributed by atoms with van der Waals surface area (Å²) in [5.74, 6) is 0.442. The normalized spacial score (nSPS) is 18.1. The van der Waals surface area contributed by atoms with E-state index in [4.69, 9.17) is 4.42 Å². The van der Waals surface area contributed by atoms with Crippen molar-refractivity contribution in [2.45, 2.75) is 26.3 Å². The number of carbonyl (C=O) groups excluding carboxylic acids is 1. The molecule has 0 unspecified atom stereocenters. The lowest BCUT2D eigenvalue weighted by atomic mass is 9.97. The number of amides is 1. The standard InChI is InChI=1S/C12H19N3O4S/c1-9-11(19-8-14-9)7-13-12(16)10-3-5-15(6-4-10)20(2,17)18/h8,10H,3-7H2,1-2H3,(H,13,16). The van der Waals surface area contributed by atoms with E-state index in [1.165, 1.54) is 17.0 Å². The number of rotatable bonds is 4. The van der Waals surface area contributed by atoms with Gasteiger partial charge >= 0.3 is 0 Å². The first kappa shape index (κ1) is 15.0. The molecule has 8 heteroatoms. The van der Waals surface area contributed by atoms with E-state index >= 15 is 0 Å². The molecule has 1 amide bonds. The summed E-state index contributed by atoms with van der Waals surface area (Å²) < 4.78 is 29.3. The minimum absolute atomic E-state index is 0.0612. The molecule has 0 atom stereocenters. The van der Waals surface area contributed by atoms with Gasteiger partial charge in [-0.2, -0.15) is 0 Å². The number of oxazole rings is 1. The summed E-state index contributed by atoms with van der Waals surface area (Å²) in [5, 5.41) is 2.81. The van der Waals surface area contributed by atoms with Crippen molar-refractivity contribution in [1.82, 2.24) is 14.6 Å². The van der Waals surface area contributed by atoms with Crippen molar-refractivity contribution in [2.24, 2.45) is 5.92 Å². The fourth-order valence-electron chi connectivity index (χ4n) is 2.26. The third-order valence-corrected chi connectivity index (χ3v) is 4.86. The first-order valence-corrected chi connectivity index (χ1v) is 8.34. The molecule has 1 saturated heterocycles. The quantitative estimate of drug-likeness (QED) is 0.862. The molecule has 1 aromatic heterocycles. The van der Waals surface area contributed by atoms with E-state index in [2.05, 4.69) is 10.3 Å². The average molecular weight is 301 g/mol. The minimum Gasteiger partial charge on any atom is -0.446 e. The van der Waals surface area contributed by atoms with E-state index in [1.54, 1.807) is 0 Å². The van der Waals surface area contributed by atoms with Crippen LogP contribution in [0.5, 0.6) is 0 Å². The summed E-state index contributed by atoms with van der Waals surface area (Å²) in [6.45, 7) is 2.93. The molecule has 2 heterocycles. The molecule has 20 heavy (non-hydrogen) atoms. The highest BCUT2D eigenvalue weighted by molar-refractivity contribution is 7.88. The maximum atomic E-state index is 12.0. The molecule has 0 aromatic carbocycles. The fourth-order valence-corrected chi connectivity index (χ4v) is 3.13. The van der Waals surface area contributed by atoms with E-state index in [-0.39, 0.29) is 11.8 Å². The van der Waals surface area contributed by atoms with Crippen molar-refractivity contribution in [3.05, 3.63) is 17.8 Å². The maximum absolute atomic E-state index is 12.0. The van der Waals surface area contributed by atoms with Crippen LogP contribution in [-0.2, 0) is 21.4 Å². The molecule has 1 fully saturated rings. The number of aryl methyl sites for hydroxylation is 1. The van der Waals surface area contributed by atoms with Gasteiger partial charge in [0.2, 0.25) is 15.9 Å². The van der Waals surface area contributed by atoms with Crippen molar-refractivity contribution in [3.8, 4) is 0 Å². The number of nitrogens with one attached hydrogen (secondary N) is 1. The Morgan fingerprint density at radius 3 is 2.65 bits per heavy atom. The summed E-state index contributed by atoms with van der Waals surface area (Å²) in [4.78, 5) is 16.0. The molecule has 112 valence electrons. The lowest BCUT2D eigenvalue weighted by Gasteiger charge is -2.29. The van der Waals surface area contributed by atoms with Crippen molar-refractivity contribution < 1.29 is 17.6 Å². The Hall–Kier alpha value is -1.41. The number of sulfonamides is 1. The van der Waals surface area contributed by atoms with E-state index in [0.717, 1.165) is 5.69 Å². The Kier molecular flexibility index (Phi) is 4.44.